The number of carbonyl (C=O) groups excluding carboxylic acids is 1. The van der Waals surface area contributed by atoms with Crippen LogP contribution in [0.15, 0.2) is 48.7 Å². The Kier molecular flexibility index (Phi) is 9.27. The number of phenolic OH excluding ortho intramolecular Hbond substituents is 1. The molecule has 1 spiro atoms. The number of rotatable bonds is 6. The number of ether oxygens (including phenoxy) is 2. The lowest BCUT2D eigenvalue weighted by molar-refractivity contribution is -0.192. The second-order valence-corrected chi connectivity index (χ2v) is 8.71. The van der Waals surface area contributed by atoms with Gasteiger partial charge in [-0.25, -0.2) is 4.79 Å². The topological polar surface area (TPSA) is 109 Å². The molecule has 11 heteroatoms. The van der Waals surface area contributed by atoms with Gasteiger partial charge in [0.1, 0.15) is 5.75 Å². The van der Waals surface area contributed by atoms with E-state index in [4.69, 9.17) is 19.4 Å². The Morgan fingerprint density at radius 1 is 1.17 bits per heavy atom. The maximum absolute atomic E-state index is 12.7. The largest absolute Gasteiger partial charge is 0.508 e. The van der Waals surface area contributed by atoms with E-state index in [-0.39, 0.29) is 17.3 Å². The van der Waals surface area contributed by atoms with Gasteiger partial charge in [-0.2, -0.15) is 13.2 Å². The zero-order valence-electron chi connectivity index (χ0n) is 19.6. The Morgan fingerprint density at radius 3 is 2.50 bits per heavy atom. The SMILES string of the molecule is O=C(O)C(F)(F)F.O=C(c1cccc(O)c1)N1CCC2(CC1)OCCC2CCOCc1ccccn1. The molecule has 2 N–H and O–H groups in total. The molecule has 2 aliphatic rings. The summed E-state index contributed by atoms with van der Waals surface area (Å²) in [5.41, 5.74) is 1.35. The first kappa shape index (κ1) is 27.4. The quantitative estimate of drug-likeness (QED) is 0.565. The van der Waals surface area contributed by atoms with Gasteiger partial charge in [-0.1, -0.05) is 12.1 Å². The Labute approximate surface area is 206 Å². The van der Waals surface area contributed by atoms with Crippen molar-refractivity contribution in [3.8, 4) is 5.75 Å². The molecule has 0 radical (unpaired) electrons. The molecule has 1 aromatic carbocycles. The molecule has 2 aliphatic heterocycles. The lowest BCUT2D eigenvalue weighted by Crippen LogP contribution is -2.49. The van der Waals surface area contributed by atoms with Gasteiger partial charge in [0.25, 0.3) is 5.91 Å². The van der Waals surface area contributed by atoms with Crippen molar-refractivity contribution < 1.29 is 42.4 Å². The Morgan fingerprint density at radius 2 is 1.89 bits per heavy atom. The summed E-state index contributed by atoms with van der Waals surface area (Å²) in [7, 11) is 0. The molecule has 2 aromatic rings. The van der Waals surface area contributed by atoms with E-state index in [1.165, 1.54) is 6.07 Å². The highest BCUT2D eigenvalue weighted by Crippen LogP contribution is 2.42. The number of halogens is 3. The molecule has 3 heterocycles. The van der Waals surface area contributed by atoms with Gasteiger partial charge in [-0.05, 0) is 61.9 Å². The van der Waals surface area contributed by atoms with Crippen LogP contribution in [0.5, 0.6) is 5.75 Å². The number of hydrogen-bond donors (Lipinski definition) is 2. The normalized spacial score (nSPS) is 19.0. The molecule has 1 unspecified atom stereocenters. The number of carbonyl (C=O) groups is 2. The molecule has 1 aromatic heterocycles. The van der Waals surface area contributed by atoms with Crippen molar-refractivity contribution in [3.63, 3.8) is 0 Å². The second kappa shape index (κ2) is 12.2. The number of alkyl halides is 3. The van der Waals surface area contributed by atoms with Crippen molar-refractivity contribution in [3.05, 3.63) is 59.9 Å². The van der Waals surface area contributed by atoms with Crippen LogP contribution in [0.4, 0.5) is 13.2 Å². The summed E-state index contributed by atoms with van der Waals surface area (Å²) in [5.74, 6) is -2.20. The lowest BCUT2D eigenvalue weighted by atomic mass is 9.78. The fraction of sp³-hybridized carbons (Fsp3) is 0.480. The summed E-state index contributed by atoms with van der Waals surface area (Å²) < 4.78 is 43.8. The van der Waals surface area contributed by atoms with Gasteiger partial charge in [-0.3, -0.25) is 9.78 Å². The van der Waals surface area contributed by atoms with Crippen LogP contribution in [0.25, 0.3) is 0 Å². The van der Waals surface area contributed by atoms with E-state index in [0.717, 1.165) is 38.0 Å². The molecule has 0 saturated carbocycles. The van der Waals surface area contributed by atoms with Crippen molar-refractivity contribution in [2.24, 2.45) is 5.92 Å². The molecule has 36 heavy (non-hydrogen) atoms. The Balaban J connectivity index is 0.000000454. The van der Waals surface area contributed by atoms with E-state index in [2.05, 4.69) is 4.98 Å². The van der Waals surface area contributed by atoms with Gasteiger partial charge in [0.05, 0.1) is 17.9 Å². The molecule has 1 amide bonds. The molecule has 8 nitrogen and oxygen atoms in total. The number of likely N-dealkylation sites (tertiary alicyclic amines) is 1. The first-order valence-electron chi connectivity index (χ1n) is 11.6. The van der Waals surface area contributed by atoms with Crippen LogP contribution in [-0.4, -0.2) is 70.1 Å². The third kappa shape index (κ3) is 7.41. The molecular weight excluding hydrogens is 481 g/mol. The van der Waals surface area contributed by atoms with Gasteiger partial charge < -0.3 is 24.6 Å². The number of carboxylic acids is 1. The van der Waals surface area contributed by atoms with Crippen molar-refractivity contribution >= 4 is 11.9 Å². The highest BCUT2D eigenvalue weighted by molar-refractivity contribution is 5.94. The standard InChI is InChI=1S/C23H28N2O4.C2HF3O2/c26-21-6-3-4-18(16-21)22(27)25-12-9-23(10-13-25)19(8-15-29-23)7-14-28-17-20-5-1-2-11-24-20;3-2(4,5)1(6)7/h1-6,11,16,19,26H,7-10,12-15,17H2;(H,6,7). The van der Waals surface area contributed by atoms with Gasteiger partial charge in [0.2, 0.25) is 0 Å². The smallest absolute Gasteiger partial charge is 0.490 e. The summed E-state index contributed by atoms with van der Waals surface area (Å²) in [6, 6.07) is 12.4. The van der Waals surface area contributed by atoms with Gasteiger partial charge >= 0.3 is 12.1 Å². The Bertz CT molecular complexity index is 1010. The van der Waals surface area contributed by atoms with Gasteiger partial charge in [0, 0.05) is 38.1 Å². The number of carboxylic acid groups (broad SMARTS) is 1. The summed E-state index contributed by atoms with van der Waals surface area (Å²) in [6.07, 6.45) is 0.413. The van der Waals surface area contributed by atoms with E-state index >= 15 is 0 Å². The van der Waals surface area contributed by atoms with Crippen molar-refractivity contribution in [1.29, 1.82) is 0 Å². The summed E-state index contributed by atoms with van der Waals surface area (Å²) in [6.45, 7) is 3.37. The monoisotopic (exact) mass is 510 g/mol. The molecule has 0 bridgehead atoms. The van der Waals surface area contributed by atoms with Crippen molar-refractivity contribution in [2.75, 3.05) is 26.3 Å². The van der Waals surface area contributed by atoms with E-state index < -0.39 is 12.1 Å². The van der Waals surface area contributed by atoms with E-state index in [1.54, 1.807) is 24.4 Å². The first-order valence-corrected chi connectivity index (χ1v) is 11.6. The van der Waals surface area contributed by atoms with E-state index in [1.807, 2.05) is 23.1 Å². The molecule has 2 saturated heterocycles. The molecule has 0 aliphatic carbocycles. The summed E-state index contributed by atoms with van der Waals surface area (Å²) in [4.78, 5) is 27.8. The Hall–Kier alpha value is -3.18. The number of amides is 1. The number of nitrogens with zero attached hydrogens (tertiary/aromatic N) is 2. The number of pyridine rings is 1. The van der Waals surface area contributed by atoms with Crippen LogP contribution < -0.4 is 0 Å². The molecular formula is C25H29F3N2O6. The zero-order chi connectivity index (χ0) is 26.2. The van der Waals surface area contributed by atoms with Crippen LogP contribution in [-0.2, 0) is 20.9 Å². The summed E-state index contributed by atoms with van der Waals surface area (Å²) >= 11 is 0. The minimum atomic E-state index is -5.08. The summed E-state index contributed by atoms with van der Waals surface area (Å²) in [5, 5.41) is 16.8. The first-order chi connectivity index (χ1) is 17.1. The maximum atomic E-state index is 12.7. The average Bonchev–Trinajstić information content (AvgIpc) is 3.24. The minimum Gasteiger partial charge on any atom is -0.508 e. The zero-order valence-corrected chi connectivity index (χ0v) is 19.6. The number of aromatic hydroxyl groups is 1. The molecule has 1 atom stereocenters. The van der Waals surface area contributed by atoms with Crippen LogP contribution in [0.2, 0.25) is 0 Å². The van der Waals surface area contributed by atoms with Gasteiger partial charge in [-0.15, -0.1) is 0 Å². The van der Waals surface area contributed by atoms with Crippen LogP contribution >= 0.6 is 0 Å². The molecule has 196 valence electrons. The van der Waals surface area contributed by atoms with Crippen LogP contribution in [0, 0.1) is 5.92 Å². The van der Waals surface area contributed by atoms with Crippen LogP contribution in [0.1, 0.15) is 41.7 Å². The number of aliphatic carboxylic acids is 1. The van der Waals surface area contributed by atoms with E-state index in [0.29, 0.717) is 37.8 Å². The van der Waals surface area contributed by atoms with E-state index in [9.17, 15) is 23.1 Å². The number of aromatic nitrogens is 1. The van der Waals surface area contributed by atoms with Gasteiger partial charge in [0.15, 0.2) is 0 Å². The maximum Gasteiger partial charge on any atom is 0.490 e. The number of hydrogen-bond acceptors (Lipinski definition) is 6. The number of piperidine rings is 1. The fourth-order valence-corrected chi connectivity index (χ4v) is 4.54. The third-order valence-corrected chi connectivity index (χ3v) is 6.42. The predicted molar refractivity (Wildman–Crippen MR) is 122 cm³/mol. The highest BCUT2D eigenvalue weighted by Gasteiger charge is 2.46. The molecule has 2 fully saturated rings. The number of phenols is 1. The fourth-order valence-electron chi connectivity index (χ4n) is 4.54. The highest BCUT2D eigenvalue weighted by atomic mass is 19.4. The predicted octanol–water partition coefficient (Wildman–Crippen LogP) is 4.04. The minimum absolute atomic E-state index is 0.0241. The average molecular weight is 511 g/mol. The second-order valence-electron chi connectivity index (χ2n) is 8.71. The lowest BCUT2D eigenvalue weighted by Gasteiger charge is -2.42. The molecule has 4 rings (SSSR count). The number of benzene rings is 1. The third-order valence-electron chi connectivity index (χ3n) is 6.42. The van der Waals surface area contributed by atoms with Crippen molar-refractivity contribution in [1.82, 2.24) is 9.88 Å². The van der Waals surface area contributed by atoms with Crippen molar-refractivity contribution in [2.45, 2.75) is 44.1 Å². The van der Waals surface area contributed by atoms with Crippen LogP contribution in [0.3, 0.4) is 0 Å².